The van der Waals surface area contributed by atoms with Crippen LogP contribution in [0.2, 0.25) is 0 Å². The van der Waals surface area contributed by atoms with Gasteiger partial charge in [0.25, 0.3) is 0 Å². The van der Waals surface area contributed by atoms with Crippen molar-refractivity contribution in [3.8, 4) is 18.2 Å². The van der Waals surface area contributed by atoms with Crippen LogP contribution in [0.15, 0.2) is 0 Å². The standard InChI is InChI=1S/C11H11N7S/c1-6-2-7-11(5-14,10(6,3-12)4-13)8(15)18(17-7)9(16)19/h6-7,15,17H,2H2,1H3,(H2,16,19). The Kier molecular flexibility index (Phi) is 2.71. The fraction of sp³-hybridized carbons (Fsp3) is 0.545. The van der Waals surface area contributed by atoms with Gasteiger partial charge in [-0.2, -0.15) is 15.8 Å². The second kappa shape index (κ2) is 3.89. The number of amidine groups is 1. The molecule has 96 valence electrons. The molecule has 3 atom stereocenters. The van der Waals surface area contributed by atoms with Gasteiger partial charge in [0.05, 0.1) is 24.2 Å². The lowest BCUT2D eigenvalue weighted by Crippen LogP contribution is -2.49. The lowest BCUT2D eigenvalue weighted by molar-refractivity contribution is 0.301. The van der Waals surface area contributed by atoms with Crippen LogP contribution in [0.5, 0.6) is 0 Å². The highest BCUT2D eigenvalue weighted by atomic mass is 32.1. The molecule has 8 heteroatoms. The lowest BCUT2D eigenvalue weighted by atomic mass is 9.63. The van der Waals surface area contributed by atoms with Gasteiger partial charge < -0.3 is 5.73 Å². The van der Waals surface area contributed by atoms with Crippen molar-refractivity contribution in [2.75, 3.05) is 0 Å². The monoisotopic (exact) mass is 273 g/mol. The average Bonchev–Trinajstić information content (AvgIpc) is 2.79. The van der Waals surface area contributed by atoms with E-state index in [4.69, 9.17) is 23.4 Å². The molecule has 0 radical (unpaired) electrons. The van der Waals surface area contributed by atoms with Crippen molar-refractivity contribution in [1.29, 1.82) is 21.2 Å². The Labute approximate surface area is 115 Å². The van der Waals surface area contributed by atoms with Gasteiger partial charge in [-0.25, -0.2) is 10.4 Å². The van der Waals surface area contributed by atoms with Gasteiger partial charge >= 0.3 is 0 Å². The molecule has 0 aromatic carbocycles. The third kappa shape index (κ3) is 1.21. The second-order valence-corrected chi connectivity index (χ2v) is 5.21. The summed E-state index contributed by atoms with van der Waals surface area (Å²) in [5, 5.41) is 37.6. The fourth-order valence-electron chi connectivity index (χ4n) is 3.08. The van der Waals surface area contributed by atoms with E-state index in [9.17, 15) is 15.8 Å². The molecular formula is C11H11N7S. The van der Waals surface area contributed by atoms with Crippen molar-refractivity contribution in [2.45, 2.75) is 19.4 Å². The number of thiocarbonyl (C=S) groups is 1. The molecule has 0 bridgehead atoms. The van der Waals surface area contributed by atoms with Crippen LogP contribution in [-0.2, 0) is 0 Å². The summed E-state index contributed by atoms with van der Waals surface area (Å²) in [7, 11) is 0. The molecule has 0 amide bonds. The molecule has 1 aliphatic heterocycles. The first-order valence-electron chi connectivity index (χ1n) is 5.59. The van der Waals surface area contributed by atoms with E-state index in [2.05, 4.69) is 5.43 Å². The number of nitrogens with one attached hydrogen (secondary N) is 2. The maximum Gasteiger partial charge on any atom is 0.186 e. The molecule has 0 spiro atoms. The first kappa shape index (κ1) is 13.2. The number of hydrogen-bond donors (Lipinski definition) is 3. The van der Waals surface area contributed by atoms with E-state index in [-0.39, 0.29) is 16.9 Å². The Morgan fingerprint density at radius 3 is 2.47 bits per heavy atom. The summed E-state index contributed by atoms with van der Waals surface area (Å²) in [6.45, 7) is 1.74. The number of nitriles is 3. The molecule has 0 aromatic rings. The summed E-state index contributed by atoms with van der Waals surface area (Å²) >= 11 is 4.81. The summed E-state index contributed by atoms with van der Waals surface area (Å²) in [4.78, 5) is 0. The van der Waals surface area contributed by atoms with E-state index in [1.807, 2.05) is 18.2 Å². The minimum absolute atomic E-state index is 0.105. The van der Waals surface area contributed by atoms with Crippen molar-refractivity contribution in [1.82, 2.24) is 10.4 Å². The van der Waals surface area contributed by atoms with Crippen LogP contribution in [0, 0.1) is 56.2 Å². The van der Waals surface area contributed by atoms with E-state index in [1.165, 1.54) is 0 Å². The largest absolute Gasteiger partial charge is 0.375 e. The highest BCUT2D eigenvalue weighted by Crippen LogP contribution is 2.58. The predicted octanol–water partition coefficient (Wildman–Crippen LogP) is -0.0206. The van der Waals surface area contributed by atoms with Crippen molar-refractivity contribution in [3.63, 3.8) is 0 Å². The van der Waals surface area contributed by atoms with E-state index < -0.39 is 16.9 Å². The van der Waals surface area contributed by atoms with Crippen molar-refractivity contribution in [3.05, 3.63) is 0 Å². The minimum Gasteiger partial charge on any atom is -0.375 e. The van der Waals surface area contributed by atoms with Crippen LogP contribution in [0.4, 0.5) is 0 Å². The van der Waals surface area contributed by atoms with Gasteiger partial charge in [0, 0.05) is 0 Å². The number of rotatable bonds is 0. The molecule has 0 aromatic heterocycles. The lowest BCUT2D eigenvalue weighted by Gasteiger charge is -2.31. The first-order valence-corrected chi connectivity index (χ1v) is 6.00. The molecule has 4 N–H and O–H groups in total. The maximum absolute atomic E-state index is 9.57. The molecule has 1 saturated carbocycles. The molecule has 3 unspecified atom stereocenters. The summed E-state index contributed by atoms with van der Waals surface area (Å²) in [6, 6.07) is 5.40. The summed E-state index contributed by atoms with van der Waals surface area (Å²) in [5.41, 5.74) is 5.24. The molecule has 1 heterocycles. The number of fused-ring (bicyclic) bond motifs is 1. The average molecular weight is 273 g/mol. The molecule has 1 aliphatic carbocycles. The number of hydrogen-bond acceptors (Lipinski definition) is 6. The van der Waals surface area contributed by atoms with Gasteiger partial charge in [0.1, 0.15) is 5.84 Å². The quantitative estimate of drug-likeness (QED) is 0.527. The van der Waals surface area contributed by atoms with E-state index in [0.717, 1.165) is 5.01 Å². The van der Waals surface area contributed by atoms with E-state index in [1.54, 1.807) is 6.92 Å². The van der Waals surface area contributed by atoms with Gasteiger partial charge in [-0.15, -0.1) is 0 Å². The zero-order valence-electron chi connectivity index (χ0n) is 10.1. The van der Waals surface area contributed by atoms with Gasteiger partial charge in [-0.05, 0) is 24.6 Å². The third-order valence-corrected chi connectivity index (χ3v) is 4.29. The summed E-state index contributed by atoms with van der Waals surface area (Å²) in [5.74, 6) is -0.548. The highest BCUT2D eigenvalue weighted by Gasteiger charge is 2.73. The van der Waals surface area contributed by atoms with E-state index >= 15 is 0 Å². The minimum atomic E-state index is -1.57. The van der Waals surface area contributed by atoms with Gasteiger partial charge in [0.15, 0.2) is 15.9 Å². The molecule has 7 nitrogen and oxygen atoms in total. The Morgan fingerprint density at radius 1 is 1.47 bits per heavy atom. The number of nitrogens with two attached hydrogens (primary N) is 1. The summed E-state index contributed by atoms with van der Waals surface area (Å²) < 4.78 is 0. The smallest absolute Gasteiger partial charge is 0.186 e. The molecule has 1 saturated heterocycles. The van der Waals surface area contributed by atoms with Crippen LogP contribution in [0.1, 0.15) is 13.3 Å². The van der Waals surface area contributed by atoms with E-state index in [0.29, 0.717) is 6.42 Å². The highest BCUT2D eigenvalue weighted by molar-refractivity contribution is 7.80. The van der Waals surface area contributed by atoms with Crippen molar-refractivity contribution >= 4 is 23.2 Å². The summed E-state index contributed by atoms with van der Waals surface area (Å²) in [6.07, 6.45) is 0.427. The molecule has 2 rings (SSSR count). The Morgan fingerprint density at radius 2 is 2.05 bits per heavy atom. The van der Waals surface area contributed by atoms with Gasteiger partial charge in [-0.3, -0.25) is 5.41 Å². The van der Waals surface area contributed by atoms with Crippen LogP contribution < -0.4 is 11.2 Å². The molecule has 2 aliphatic rings. The third-order valence-electron chi connectivity index (χ3n) is 4.10. The molecular weight excluding hydrogens is 262 g/mol. The van der Waals surface area contributed by atoms with Crippen LogP contribution in [0.3, 0.4) is 0 Å². The van der Waals surface area contributed by atoms with Crippen LogP contribution >= 0.6 is 12.2 Å². The SMILES string of the molecule is CC1CC2NN(C(N)=S)C(=N)C2(C#N)C1(C#N)C#N. The number of nitrogens with zero attached hydrogens (tertiary/aromatic N) is 4. The predicted molar refractivity (Wildman–Crippen MR) is 68.8 cm³/mol. The van der Waals surface area contributed by atoms with Gasteiger partial charge in [0.2, 0.25) is 0 Å². The zero-order chi connectivity index (χ0) is 14.4. The Hall–Kier alpha value is -2.21. The zero-order valence-corrected chi connectivity index (χ0v) is 11.0. The maximum atomic E-state index is 9.57. The second-order valence-electron chi connectivity index (χ2n) is 4.79. The normalized spacial score (nSPS) is 35.1. The Balaban J connectivity index is 2.68. The Bertz CT molecular complexity index is 578. The van der Waals surface area contributed by atoms with Crippen LogP contribution in [0.25, 0.3) is 0 Å². The molecule has 2 fully saturated rings. The van der Waals surface area contributed by atoms with Crippen molar-refractivity contribution in [2.24, 2.45) is 22.5 Å². The van der Waals surface area contributed by atoms with Gasteiger partial charge in [-0.1, -0.05) is 6.92 Å². The number of hydrazine groups is 1. The molecule has 19 heavy (non-hydrogen) atoms. The first-order chi connectivity index (χ1) is 8.91. The van der Waals surface area contributed by atoms with Crippen LogP contribution in [-0.4, -0.2) is 22.0 Å². The fourth-order valence-corrected chi connectivity index (χ4v) is 3.23. The topological polar surface area (TPSA) is 137 Å². The van der Waals surface area contributed by atoms with Crippen molar-refractivity contribution < 1.29 is 0 Å².